The normalized spacial score (nSPS) is 27.5. The first-order chi connectivity index (χ1) is 6.86. The van der Waals surface area contributed by atoms with Gasteiger partial charge in [0.15, 0.2) is 6.29 Å². The molecule has 1 unspecified atom stereocenters. The summed E-state index contributed by atoms with van der Waals surface area (Å²) in [4.78, 5) is 0. The molecule has 0 spiro atoms. The van der Waals surface area contributed by atoms with Crippen LogP contribution in [0.4, 0.5) is 0 Å². The summed E-state index contributed by atoms with van der Waals surface area (Å²) < 4.78 is 10.1. The molecule has 0 radical (unpaired) electrons. The number of hydrogen-bond donors (Lipinski definition) is 1. The van der Waals surface area contributed by atoms with Crippen LogP contribution in [0.15, 0.2) is 30.3 Å². The van der Waals surface area contributed by atoms with Gasteiger partial charge in [-0.1, -0.05) is 30.3 Å². The quantitative estimate of drug-likeness (QED) is 0.768. The van der Waals surface area contributed by atoms with Gasteiger partial charge in [0.05, 0.1) is 6.61 Å². The molecule has 76 valence electrons. The van der Waals surface area contributed by atoms with E-state index in [-0.39, 0.29) is 12.7 Å². The largest absolute Gasteiger partial charge is 0.368 e. The summed E-state index contributed by atoms with van der Waals surface area (Å²) in [6.45, 7) is 0.766. The van der Waals surface area contributed by atoms with Crippen molar-refractivity contribution in [3.05, 3.63) is 35.9 Å². The fourth-order valence-corrected chi connectivity index (χ4v) is 1.61. The Bertz CT molecular complexity index is 273. The molecule has 0 amide bonds. The zero-order valence-corrected chi connectivity index (χ0v) is 7.93. The molecule has 1 aromatic rings. The molecule has 0 aromatic heterocycles. The Balaban J connectivity index is 1.96. The number of aliphatic hydroxyl groups excluding tert-OH is 1. The summed E-state index contributed by atoms with van der Waals surface area (Å²) in [5.74, 6) is 0.0474. The Kier molecular flexibility index (Phi) is 3.14. The second-order valence-electron chi connectivity index (χ2n) is 3.50. The summed E-state index contributed by atoms with van der Waals surface area (Å²) in [5, 5.41) is 9.53. The zero-order valence-electron chi connectivity index (χ0n) is 7.93. The molecule has 1 N–H and O–H groups in total. The van der Waals surface area contributed by atoms with Gasteiger partial charge in [-0.25, -0.2) is 0 Å². The summed E-state index contributed by atoms with van der Waals surface area (Å²) in [6.07, 6.45) is 0.103. The predicted molar refractivity (Wildman–Crippen MR) is 51.5 cm³/mol. The predicted octanol–water partition coefficient (Wildman–Crippen LogP) is 1.17. The average Bonchev–Trinajstić information content (AvgIpc) is 2.23. The van der Waals surface area contributed by atoms with E-state index in [9.17, 15) is 5.11 Å². The number of aliphatic hydroxyl groups is 1. The van der Waals surface area contributed by atoms with E-state index >= 15 is 0 Å². The molecule has 2 atom stereocenters. The van der Waals surface area contributed by atoms with Crippen molar-refractivity contribution in [1.29, 1.82) is 0 Å². The van der Waals surface area contributed by atoms with Crippen molar-refractivity contribution < 1.29 is 14.6 Å². The first-order valence-corrected chi connectivity index (χ1v) is 4.77. The third-order valence-corrected chi connectivity index (χ3v) is 2.40. The molecule has 1 aromatic carbocycles. The van der Waals surface area contributed by atoms with Crippen LogP contribution >= 0.6 is 0 Å². The van der Waals surface area contributed by atoms with E-state index in [2.05, 4.69) is 0 Å². The van der Waals surface area contributed by atoms with E-state index in [1.165, 1.54) is 5.56 Å². The topological polar surface area (TPSA) is 38.7 Å². The molecule has 1 fully saturated rings. The lowest BCUT2D eigenvalue weighted by atomic mass is 9.99. The van der Waals surface area contributed by atoms with Crippen LogP contribution in [0.1, 0.15) is 5.56 Å². The van der Waals surface area contributed by atoms with Crippen LogP contribution in [0.5, 0.6) is 0 Å². The van der Waals surface area contributed by atoms with Gasteiger partial charge in [0.1, 0.15) is 6.79 Å². The molecule has 1 aliphatic rings. The summed E-state index contributed by atoms with van der Waals surface area (Å²) >= 11 is 0. The Morgan fingerprint density at radius 1 is 1.29 bits per heavy atom. The molecule has 1 saturated heterocycles. The van der Waals surface area contributed by atoms with Crippen LogP contribution < -0.4 is 0 Å². The van der Waals surface area contributed by atoms with Crippen LogP contribution in [0.3, 0.4) is 0 Å². The SMILES string of the molecule is OC1OCOC[C@@H]1Cc1ccccc1. The summed E-state index contributed by atoms with van der Waals surface area (Å²) in [7, 11) is 0. The van der Waals surface area contributed by atoms with Crippen molar-refractivity contribution in [3.8, 4) is 0 Å². The van der Waals surface area contributed by atoms with E-state index < -0.39 is 6.29 Å². The lowest BCUT2D eigenvalue weighted by Gasteiger charge is -2.27. The van der Waals surface area contributed by atoms with Crippen molar-refractivity contribution in [2.45, 2.75) is 12.7 Å². The lowest BCUT2D eigenvalue weighted by Crippen LogP contribution is -2.35. The van der Waals surface area contributed by atoms with Gasteiger partial charge in [0.25, 0.3) is 0 Å². The van der Waals surface area contributed by atoms with Gasteiger partial charge in [0.2, 0.25) is 0 Å². The highest BCUT2D eigenvalue weighted by Crippen LogP contribution is 2.17. The van der Waals surface area contributed by atoms with Gasteiger partial charge in [0, 0.05) is 5.92 Å². The molecule has 1 aliphatic heterocycles. The van der Waals surface area contributed by atoms with E-state index in [4.69, 9.17) is 9.47 Å². The van der Waals surface area contributed by atoms with Crippen molar-refractivity contribution in [2.24, 2.45) is 5.92 Å². The van der Waals surface area contributed by atoms with Crippen LogP contribution in [0.25, 0.3) is 0 Å². The molecule has 0 aliphatic carbocycles. The molecular formula is C11H14O3. The average molecular weight is 194 g/mol. The van der Waals surface area contributed by atoms with Crippen molar-refractivity contribution in [3.63, 3.8) is 0 Å². The van der Waals surface area contributed by atoms with Gasteiger partial charge in [-0.05, 0) is 12.0 Å². The van der Waals surface area contributed by atoms with Crippen LogP contribution in [-0.2, 0) is 15.9 Å². The third kappa shape index (κ3) is 2.32. The van der Waals surface area contributed by atoms with Crippen molar-refractivity contribution in [2.75, 3.05) is 13.4 Å². The third-order valence-electron chi connectivity index (χ3n) is 2.40. The smallest absolute Gasteiger partial charge is 0.162 e. The van der Waals surface area contributed by atoms with Gasteiger partial charge < -0.3 is 14.6 Å². The van der Waals surface area contributed by atoms with Gasteiger partial charge >= 0.3 is 0 Å². The first kappa shape index (κ1) is 9.65. The zero-order chi connectivity index (χ0) is 9.80. The number of rotatable bonds is 2. The van der Waals surface area contributed by atoms with E-state index in [1.54, 1.807) is 0 Å². The van der Waals surface area contributed by atoms with Crippen molar-refractivity contribution >= 4 is 0 Å². The van der Waals surface area contributed by atoms with E-state index in [0.29, 0.717) is 6.61 Å². The highest BCUT2D eigenvalue weighted by Gasteiger charge is 2.24. The summed E-state index contributed by atoms with van der Waals surface area (Å²) in [5.41, 5.74) is 1.20. The molecule has 3 heteroatoms. The second-order valence-corrected chi connectivity index (χ2v) is 3.50. The maximum Gasteiger partial charge on any atom is 0.162 e. The molecular weight excluding hydrogens is 180 g/mol. The van der Waals surface area contributed by atoms with E-state index in [1.807, 2.05) is 30.3 Å². The maximum atomic E-state index is 9.53. The fraction of sp³-hybridized carbons (Fsp3) is 0.455. The lowest BCUT2D eigenvalue weighted by molar-refractivity contribution is -0.244. The minimum atomic E-state index is -0.691. The number of benzene rings is 1. The Morgan fingerprint density at radius 3 is 2.79 bits per heavy atom. The van der Waals surface area contributed by atoms with Gasteiger partial charge in [-0.2, -0.15) is 0 Å². The van der Waals surface area contributed by atoms with Gasteiger partial charge in [-0.15, -0.1) is 0 Å². The highest BCUT2D eigenvalue weighted by molar-refractivity contribution is 5.15. The molecule has 1 heterocycles. The molecule has 0 bridgehead atoms. The Hall–Kier alpha value is -0.900. The molecule has 3 nitrogen and oxygen atoms in total. The van der Waals surface area contributed by atoms with Crippen LogP contribution in [0, 0.1) is 5.92 Å². The fourth-order valence-electron chi connectivity index (χ4n) is 1.61. The Labute approximate surface area is 83.3 Å². The minimum Gasteiger partial charge on any atom is -0.368 e. The van der Waals surface area contributed by atoms with Gasteiger partial charge in [-0.3, -0.25) is 0 Å². The highest BCUT2D eigenvalue weighted by atomic mass is 16.7. The number of hydrogen-bond acceptors (Lipinski definition) is 3. The molecule has 14 heavy (non-hydrogen) atoms. The monoisotopic (exact) mass is 194 g/mol. The summed E-state index contributed by atoms with van der Waals surface area (Å²) in [6, 6.07) is 10.1. The van der Waals surface area contributed by atoms with Crippen LogP contribution in [-0.4, -0.2) is 24.8 Å². The van der Waals surface area contributed by atoms with E-state index in [0.717, 1.165) is 6.42 Å². The van der Waals surface area contributed by atoms with Crippen molar-refractivity contribution in [1.82, 2.24) is 0 Å². The standard InChI is InChI=1S/C11H14O3/c12-11-10(7-13-8-14-11)6-9-4-2-1-3-5-9/h1-5,10-12H,6-8H2/t10-,11?/m0/s1. The first-order valence-electron chi connectivity index (χ1n) is 4.77. The molecule has 0 saturated carbocycles. The number of ether oxygens (including phenoxy) is 2. The van der Waals surface area contributed by atoms with Crippen LogP contribution in [0.2, 0.25) is 0 Å². The Morgan fingerprint density at radius 2 is 2.07 bits per heavy atom. The second kappa shape index (κ2) is 4.55. The minimum absolute atomic E-state index is 0.0474. The maximum absolute atomic E-state index is 9.53. The molecule has 2 rings (SSSR count).